The number of fused-ring (bicyclic) bond motifs is 1. The second kappa shape index (κ2) is 6.22. The topological polar surface area (TPSA) is 59.8 Å². The summed E-state index contributed by atoms with van der Waals surface area (Å²) < 4.78 is 10.7. The molecule has 22 heavy (non-hydrogen) atoms. The van der Waals surface area contributed by atoms with Crippen molar-refractivity contribution < 1.29 is 13.9 Å². The highest BCUT2D eigenvalue weighted by Crippen LogP contribution is 2.21. The molecule has 1 amide bonds. The second-order valence-corrected chi connectivity index (χ2v) is 5.43. The smallest absolute Gasteiger partial charge is 0.349 e. The highest BCUT2D eigenvalue weighted by atomic mass is 16.5. The van der Waals surface area contributed by atoms with E-state index in [9.17, 15) is 9.59 Å². The van der Waals surface area contributed by atoms with Crippen molar-refractivity contribution in [1.82, 2.24) is 4.90 Å². The van der Waals surface area contributed by atoms with Crippen LogP contribution in [0.15, 0.2) is 33.5 Å². The van der Waals surface area contributed by atoms with Gasteiger partial charge in [-0.2, -0.15) is 0 Å². The summed E-state index contributed by atoms with van der Waals surface area (Å²) in [7, 11) is 0. The molecule has 1 aliphatic heterocycles. The summed E-state index contributed by atoms with van der Waals surface area (Å²) in [5, 5.41) is 0.725. The first kappa shape index (κ1) is 14.6. The van der Waals surface area contributed by atoms with Crippen molar-refractivity contribution in [2.45, 2.75) is 26.2 Å². The Kier molecular flexibility index (Phi) is 4.13. The Bertz CT molecular complexity index is 744. The van der Waals surface area contributed by atoms with E-state index in [0.29, 0.717) is 31.0 Å². The van der Waals surface area contributed by atoms with Gasteiger partial charge in [0, 0.05) is 24.5 Å². The van der Waals surface area contributed by atoms with Crippen molar-refractivity contribution in [2.24, 2.45) is 0 Å². The molecule has 1 fully saturated rings. The van der Waals surface area contributed by atoms with Crippen LogP contribution < -0.4 is 10.4 Å². The van der Waals surface area contributed by atoms with Gasteiger partial charge in [-0.05, 0) is 44.4 Å². The number of likely N-dealkylation sites (tertiary alicyclic amines) is 1. The van der Waals surface area contributed by atoms with Crippen LogP contribution >= 0.6 is 0 Å². The number of rotatable bonds is 3. The van der Waals surface area contributed by atoms with E-state index < -0.39 is 5.63 Å². The zero-order chi connectivity index (χ0) is 15.5. The van der Waals surface area contributed by atoms with Crippen LogP contribution in [-0.4, -0.2) is 30.5 Å². The largest absolute Gasteiger partial charge is 0.494 e. The molecule has 0 N–H and O–H groups in total. The standard InChI is InChI=1S/C17H19NO4/c1-2-21-13-7-6-12-10-14(17(20)22-15(12)11-13)16(19)18-8-4-3-5-9-18/h6-7,10-11H,2-5,8-9H2,1H3. The van der Waals surface area contributed by atoms with Gasteiger partial charge < -0.3 is 14.1 Å². The molecule has 2 heterocycles. The van der Waals surface area contributed by atoms with Gasteiger partial charge >= 0.3 is 5.63 Å². The molecule has 0 radical (unpaired) electrons. The molecular weight excluding hydrogens is 282 g/mol. The van der Waals surface area contributed by atoms with Gasteiger partial charge in [0.1, 0.15) is 16.9 Å². The van der Waals surface area contributed by atoms with Crippen LogP contribution in [0.4, 0.5) is 0 Å². The minimum absolute atomic E-state index is 0.110. The number of nitrogens with zero attached hydrogens (tertiary/aromatic N) is 1. The molecule has 3 rings (SSSR count). The zero-order valence-electron chi connectivity index (χ0n) is 12.6. The number of carbonyl (C=O) groups excluding carboxylic acids is 1. The lowest BCUT2D eigenvalue weighted by Crippen LogP contribution is -2.37. The van der Waals surface area contributed by atoms with Gasteiger partial charge in [-0.25, -0.2) is 4.79 Å². The Morgan fingerprint density at radius 1 is 1.23 bits per heavy atom. The first-order valence-corrected chi connectivity index (χ1v) is 7.69. The zero-order valence-corrected chi connectivity index (χ0v) is 12.6. The van der Waals surface area contributed by atoms with Gasteiger partial charge in [0.15, 0.2) is 0 Å². The number of ether oxygens (including phenoxy) is 1. The second-order valence-electron chi connectivity index (χ2n) is 5.43. The molecule has 0 saturated carbocycles. The maximum atomic E-state index is 12.5. The molecular formula is C17H19NO4. The molecule has 1 aromatic heterocycles. The fraction of sp³-hybridized carbons (Fsp3) is 0.412. The van der Waals surface area contributed by atoms with E-state index in [4.69, 9.17) is 9.15 Å². The van der Waals surface area contributed by atoms with E-state index in [2.05, 4.69) is 0 Å². The predicted molar refractivity (Wildman–Crippen MR) is 83.4 cm³/mol. The molecule has 2 aromatic rings. The maximum absolute atomic E-state index is 12.5. The third-order valence-corrected chi connectivity index (χ3v) is 3.89. The fourth-order valence-corrected chi connectivity index (χ4v) is 2.76. The van der Waals surface area contributed by atoms with Gasteiger partial charge in [0.05, 0.1) is 6.61 Å². The van der Waals surface area contributed by atoms with Crippen molar-refractivity contribution in [3.05, 3.63) is 40.2 Å². The number of amides is 1. The lowest BCUT2D eigenvalue weighted by Gasteiger charge is -2.26. The van der Waals surface area contributed by atoms with Crippen LogP contribution in [0.3, 0.4) is 0 Å². The van der Waals surface area contributed by atoms with Crippen molar-refractivity contribution in [1.29, 1.82) is 0 Å². The van der Waals surface area contributed by atoms with E-state index in [-0.39, 0.29) is 11.5 Å². The Morgan fingerprint density at radius 3 is 2.73 bits per heavy atom. The predicted octanol–water partition coefficient (Wildman–Crippen LogP) is 2.82. The summed E-state index contributed by atoms with van der Waals surface area (Å²) in [4.78, 5) is 26.3. The first-order chi connectivity index (χ1) is 10.7. The Balaban J connectivity index is 1.96. The first-order valence-electron chi connectivity index (χ1n) is 7.69. The van der Waals surface area contributed by atoms with Crippen LogP contribution in [0.1, 0.15) is 36.5 Å². The van der Waals surface area contributed by atoms with E-state index in [1.807, 2.05) is 6.92 Å². The molecule has 1 aromatic carbocycles. The highest BCUT2D eigenvalue weighted by Gasteiger charge is 2.22. The molecule has 5 heteroatoms. The number of piperidine rings is 1. The van der Waals surface area contributed by atoms with Crippen LogP contribution in [0.5, 0.6) is 5.75 Å². The van der Waals surface area contributed by atoms with E-state index in [0.717, 1.165) is 24.6 Å². The molecule has 116 valence electrons. The van der Waals surface area contributed by atoms with Crippen LogP contribution in [0.2, 0.25) is 0 Å². The summed E-state index contributed by atoms with van der Waals surface area (Å²) >= 11 is 0. The minimum Gasteiger partial charge on any atom is -0.494 e. The van der Waals surface area contributed by atoms with Crippen molar-refractivity contribution in [3.63, 3.8) is 0 Å². The van der Waals surface area contributed by atoms with E-state index >= 15 is 0 Å². The third kappa shape index (κ3) is 2.84. The number of carbonyl (C=O) groups is 1. The van der Waals surface area contributed by atoms with Gasteiger partial charge in [-0.3, -0.25) is 4.79 Å². The van der Waals surface area contributed by atoms with Crippen LogP contribution in [0, 0.1) is 0 Å². The molecule has 1 aliphatic rings. The Hall–Kier alpha value is -2.30. The molecule has 0 spiro atoms. The average molecular weight is 301 g/mol. The molecule has 0 unspecified atom stereocenters. The van der Waals surface area contributed by atoms with Gasteiger partial charge in [0.2, 0.25) is 0 Å². The average Bonchev–Trinajstić information content (AvgIpc) is 2.54. The van der Waals surface area contributed by atoms with E-state index in [1.165, 1.54) is 0 Å². The fourth-order valence-electron chi connectivity index (χ4n) is 2.76. The number of benzene rings is 1. The van der Waals surface area contributed by atoms with Gasteiger partial charge in [0.25, 0.3) is 5.91 Å². The SMILES string of the molecule is CCOc1ccc2cc(C(=O)N3CCCCC3)c(=O)oc2c1. The molecule has 0 atom stereocenters. The highest BCUT2D eigenvalue weighted by molar-refractivity contribution is 5.96. The van der Waals surface area contributed by atoms with Crippen molar-refractivity contribution >= 4 is 16.9 Å². The lowest BCUT2D eigenvalue weighted by atomic mass is 10.1. The summed E-state index contributed by atoms with van der Waals surface area (Å²) in [6.45, 7) is 3.85. The maximum Gasteiger partial charge on any atom is 0.349 e. The number of hydrogen-bond donors (Lipinski definition) is 0. The minimum atomic E-state index is -0.586. The normalized spacial score (nSPS) is 15.0. The van der Waals surface area contributed by atoms with E-state index in [1.54, 1.807) is 29.2 Å². The molecule has 5 nitrogen and oxygen atoms in total. The van der Waals surface area contributed by atoms with Crippen molar-refractivity contribution in [3.8, 4) is 5.75 Å². The summed E-state index contributed by atoms with van der Waals surface area (Å²) in [6.07, 6.45) is 3.11. The Labute approximate surface area is 128 Å². The summed E-state index contributed by atoms with van der Waals surface area (Å²) in [5.41, 5.74) is -0.0403. The third-order valence-electron chi connectivity index (χ3n) is 3.89. The van der Waals surface area contributed by atoms with Crippen LogP contribution in [-0.2, 0) is 0 Å². The quantitative estimate of drug-likeness (QED) is 0.818. The molecule has 0 bridgehead atoms. The monoisotopic (exact) mass is 301 g/mol. The Morgan fingerprint density at radius 2 is 2.00 bits per heavy atom. The molecule has 1 saturated heterocycles. The summed E-state index contributed by atoms with van der Waals surface area (Å²) in [6, 6.07) is 6.90. The van der Waals surface area contributed by atoms with Crippen molar-refractivity contribution in [2.75, 3.05) is 19.7 Å². The molecule has 0 aliphatic carbocycles. The number of hydrogen-bond acceptors (Lipinski definition) is 4. The van der Waals surface area contributed by atoms with Gasteiger partial charge in [-0.15, -0.1) is 0 Å². The van der Waals surface area contributed by atoms with Crippen LogP contribution in [0.25, 0.3) is 11.0 Å². The van der Waals surface area contributed by atoms with Gasteiger partial charge in [-0.1, -0.05) is 0 Å². The summed E-state index contributed by atoms with van der Waals surface area (Å²) in [5.74, 6) is 0.414. The lowest BCUT2D eigenvalue weighted by molar-refractivity contribution is 0.0720.